The van der Waals surface area contributed by atoms with Crippen LogP contribution in [0.15, 0.2) is 59.5 Å². The summed E-state index contributed by atoms with van der Waals surface area (Å²) in [4.78, 5) is 45.0. The van der Waals surface area contributed by atoms with E-state index in [1.165, 1.54) is 48.5 Å². The van der Waals surface area contributed by atoms with Gasteiger partial charge >= 0.3 is 0 Å². The first-order chi connectivity index (χ1) is 12.3. The van der Waals surface area contributed by atoms with Crippen molar-refractivity contribution in [1.29, 1.82) is 0 Å². The first-order valence-electron chi connectivity index (χ1n) is 7.17. The highest BCUT2D eigenvalue weighted by Crippen LogP contribution is 2.22. The largest absolute Gasteiger partial charge is 0.289 e. The molecule has 0 aliphatic heterocycles. The number of nitro benzene ring substituents is 2. The van der Waals surface area contributed by atoms with E-state index >= 15 is 0 Å². The SMILES string of the molecule is CS/C(=C\C(=O)c1ccc([N+](=O)[O-])cc1)C(=O)c1ccc([N+](=O)[O-])cc1. The lowest BCUT2D eigenvalue weighted by Gasteiger charge is -2.04. The van der Waals surface area contributed by atoms with Gasteiger partial charge < -0.3 is 0 Å². The fourth-order valence-corrected chi connectivity index (χ4v) is 2.57. The maximum absolute atomic E-state index is 12.5. The summed E-state index contributed by atoms with van der Waals surface area (Å²) >= 11 is 1.06. The van der Waals surface area contributed by atoms with Gasteiger partial charge in [0, 0.05) is 41.5 Å². The molecule has 0 radical (unpaired) electrons. The normalized spacial score (nSPS) is 11.0. The van der Waals surface area contributed by atoms with Gasteiger partial charge in [-0.15, -0.1) is 11.8 Å². The molecule has 2 aromatic rings. The number of Topliss-reactive ketones (excluding diaryl/α,β-unsaturated/α-hetero) is 1. The summed E-state index contributed by atoms with van der Waals surface area (Å²) in [5, 5.41) is 21.3. The topological polar surface area (TPSA) is 120 Å². The fraction of sp³-hybridized carbons (Fsp3) is 0.0588. The molecular weight excluding hydrogens is 360 g/mol. The predicted molar refractivity (Wildman–Crippen MR) is 96.5 cm³/mol. The minimum atomic E-state index is -0.574. The molecule has 0 atom stereocenters. The summed E-state index contributed by atoms with van der Waals surface area (Å²) in [6.45, 7) is 0. The van der Waals surface area contributed by atoms with E-state index in [1.54, 1.807) is 6.26 Å². The highest BCUT2D eigenvalue weighted by Gasteiger charge is 2.16. The average molecular weight is 372 g/mol. The van der Waals surface area contributed by atoms with Crippen molar-refractivity contribution in [1.82, 2.24) is 0 Å². The van der Waals surface area contributed by atoms with Gasteiger partial charge in [0.25, 0.3) is 11.4 Å². The minimum Gasteiger partial charge on any atom is -0.289 e. The summed E-state index contributed by atoms with van der Waals surface area (Å²) in [6.07, 6.45) is 2.77. The van der Waals surface area contributed by atoms with Gasteiger partial charge in [-0.2, -0.15) is 0 Å². The number of rotatable bonds is 7. The molecule has 0 bridgehead atoms. The maximum Gasteiger partial charge on any atom is 0.269 e. The lowest BCUT2D eigenvalue weighted by Crippen LogP contribution is -2.04. The second-order valence-corrected chi connectivity index (χ2v) is 5.86. The first-order valence-corrected chi connectivity index (χ1v) is 8.39. The number of benzene rings is 2. The van der Waals surface area contributed by atoms with E-state index in [9.17, 15) is 29.8 Å². The number of carbonyl (C=O) groups excluding carboxylic acids is 2. The molecule has 0 amide bonds. The number of nitrogens with zero attached hydrogens (tertiary/aromatic N) is 2. The van der Waals surface area contributed by atoms with Gasteiger partial charge in [0.05, 0.1) is 14.8 Å². The standard InChI is InChI=1S/C17H12N2O6S/c1-26-16(17(21)12-4-8-14(9-5-12)19(24)25)10-15(20)11-2-6-13(7-3-11)18(22)23/h2-10H,1H3/b16-10-. The Kier molecular flexibility index (Phi) is 5.97. The summed E-state index contributed by atoms with van der Waals surface area (Å²) in [5.74, 6) is -0.915. The van der Waals surface area contributed by atoms with Crippen LogP contribution in [0.5, 0.6) is 0 Å². The molecule has 8 nitrogen and oxygen atoms in total. The van der Waals surface area contributed by atoms with Crippen molar-refractivity contribution in [3.63, 3.8) is 0 Å². The minimum absolute atomic E-state index is 0.141. The van der Waals surface area contributed by atoms with Crippen LogP contribution in [-0.2, 0) is 0 Å². The molecule has 132 valence electrons. The quantitative estimate of drug-likeness (QED) is 0.313. The Morgan fingerprint density at radius 3 is 1.65 bits per heavy atom. The third kappa shape index (κ3) is 4.39. The van der Waals surface area contributed by atoms with Gasteiger partial charge in [0.2, 0.25) is 0 Å². The lowest BCUT2D eigenvalue weighted by atomic mass is 10.1. The van der Waals surface area contributed by atoms with E-state index in [0.717, 1.165) is 17.8 Å². The summed E-state index contributed by atoms with van der Waals surface area (Å²) < 4.78 is 0. The molecule has 0 fully saturated rings. The van der Waals surface area contributed by atoms with E-state index in [-0.39, 0.29) is 27.4 Å². The van der Waals surface area contributed by atoms with Gasteiger partial charge in [0.1, 0.15) is 0 Å². The van der Waals surface area contributed by atoms with Crippen molar-refractivity contribution in [2.45, 2.75) is 0 Å². The molecule has 0 saturated carbocycles. The zero-order chi connectivity index (χ0) is 19.3. The van der Waals surface area contributed by atoms with E-state index in [2.05, 4.69) is 0 Å². The predicted octanol–water partition coefficient (Wildman–Crippen LogP) is 3.82. The molecule has 0 saturated heterocycles. The van der Waals surface area contributed by atoms with Gasteiger partial charge in [-0.1, -0.05) is 0 Å². The lowest BCUT2D eigenvalue weighted by molar-refractivity contribution is -0.385. The Labute approximate surface area is 151 Å². The van der Waals surface area contributed by atoms with Crippen LogP contribution in [0.2, 0.25) is 0 Å². The van der Waals surface area contributed by atoms with Gasteiger partial charge in [-0.25, -0.2) is 0 Å². The Bertz CT molecular complexity index is 904. The molecule has 9 heteroatoms. The Balaban J connectivity index is 2.25. The highest BCUT2D eigenvalue weighted by molar-refractivity contribution is 8.03. The molecule has 0 heterocycles. The molecule has 2 aromatic carbocycles. The third-order valence-electron chi connectivity index (χ3n) is 3.41. The highest BCUT2D eigenvalue weighted by atomic mass is 32.2. The van der Waals surface area contributed by atoms with Crippen LogP contribution in [0.3, 0.4) is 0 Å². The molecule has 0 aromatic heterocycles. The number of carbonyl (C=O) groups is 2. The number of nitro groups is 2. The van der Waals surface area contributed by atoms with Crippen LogP contribution in [0.4, 0.5) is 11.4 Å². The number of thioether (sulfide) groups is 1. The number of non-ortho nitro benzene ring substituents is 2. The van der Waals surface area contributed by atoms with E-state index in [1.807, 2.05) is 0 Å². The summed E-state index contributed by atoms with van der Waals surface area (Å²) in [6, 6.07) is 10.1. The number of hydrogen-bond acceptors (Lipinski definition) is 7. The van der Waals surface area contributed by atoms with Crippen molar-refractivity contribution in [3.05, 3.63) is 90.9 Å². The second-order valence-electron chi connectivity index (χ2n) is 5.01. The number of ketones is 2. The van der Waals surface area contributed by atoms with Crippen molar-refractivity contribution >= 4 is 34.7 Å². The average Bonchev–Trinajstić information content (AvgIpc) is 2.65. The van der Waals surface area contributed by atoms with Crippen LogP contribution >= 0.6 is 11.8 Å². The van der Waals surface area contributed by atoms with Crippen LogP contribution in [-0.4, -0.2) is 27.7 Å². The Morgan fingerprint density at radius 1 is 0.846 bits per heavy atom. The molecule has 0 spiro atoms. The fourth-order valence-electron chi connectivity index (χ4n) is 2.04. The Hall–Kier alpha value is -3.33. The van der Waals surface area contributed by atoms with E-state index in [4.69, 9.17) is 0 Å². The van der Waals surface area contributed by atoms with E-state index < -0.39 is 21.4 Å². The Morgan fingerprint density at radius 2 is 1.27 bits per heavy atom. The summed E-state index contributed by atoms with van der Waals surface area (Å²) in [7, 11) is 0. The molecule has 2 rings (SSSR count). The van der Waals surface area contributed by atoms with E-state index in [0.29, 0.717) is 0 Å². The third-order valence-corrected chi connectivity index (χ3v) is 4.15. The second kappa shape index (κ2) is 8.17. The van der Waals surface area contributed by atoms with Crippen LogP contribution in [0, 0.1) is 20.2 Å². The summed E-state index contributed by atoms with van der Waals surface area (Å²) in [5.41, 5.74) is 0.141. The maximum atomic E-state index is 12.5. The number of allylic oxidation sites excluding steroid dienone is 2. The molecule has 0 unspecified atom stereocenters. The zero-order valence-electron chi connectivity index (χ0n) is 13.4. The van der Waals surface area contributed by atoms with Crippen molar-refractivity contribution in [2.75, 3.05) is 6.26 Å². The van der Waals surface area contributed by atoms with Gasteiger partial charge in [0.15, 0.2) is 11.6 Å². The van der Waals surface area contributed by atoms with Crippen molar-refractivity contribution in [3.8, 4) is 0 Å². The van der Waals surface area contributed by atoms with Gasteiger partial charge in [-0.3, -0.25) is 29.8 Å². The first kappa shape index (κ1) is 19.0. The molecule has 0 aliphatic carbocycles. The van der Waals surface area contributed by atoms with Crippen LogP contribution in [0.25, 0.3) is 0 Å². The van der Waals surface area contributed by atoms with Crippen molar-refractivity contribution in [2.24, 2.45) is 0 Å². The van der Waals surface area contributed by atoms with Crippen LogP contribution < -0.4 is 0 Å². The molecule has 0 N–H and O–H groups in total. The molecule has 26 heavy (non-hydrogen) atoms. The van der Waals surface area contributed by atoms with Gasteiger partial charge in [-0.05, 0) is 30.5 Å². The number of hydrogen-bond donors (Lipinski definition) is 0. The van der Waals surface area contributed by atoms with Crippen LogP contribution in [0.1, 0.15) is 20.7 Å². The zero-order valence-corrected chi connectivity index (χ0v) is 14.3. The smallest absolute Gasteiger partial charge is 0.269 e. The molecule has 0 aliphatic rings. The monoisotopic (exact) mass is 372 g/mol. The molecular formula is C17H12N2O6S. The van der Waals surface area contributed by atoms with Crippen molar-refractivity contribution < 1.29 is 19.4 Å².